The van der Waals surface area contributed by atoms with Crippen molar-refractivity contribution in [2.75, 3.05) is 7.11 Å². The van der Waals surface area contributed by atoms with Gasteiger partial charge in [0.2, 0.25) is 5.91 Å². The number of hydrogen-bond donors (Lipinski definition) is 1. The molecule has 0 heterocycles. The van der Waals surface area contributed by atoms with Gasteiger partial charge in [-0.05, 0) is 17.7 Å². The van der Waals surface area contributed by atoms with E-state index in [-0.39, 0.29) is 18.0 Å². The second kappa shape index (κ2) is 7.69. The fourth-order valence-corrected chi connectivity index (χ4v) is 1.91. The maximum atomic E-state index is 11.8. The molecule has 118 valence electrons. The Bertz CT molecular complexity index is 726. The molecule has 0 atom stereocenters. The van der Waals surface area contributed by atoms with Gasteiger partial charge in [-0.2, -0.15) is 5.10 Å². The molecule has 2 aromatic carbocycles. The van der Waals surface area contributed by atoms with E-state index < -0.39 is 4.92 Å². The van der Waals surface area contributed by atoms with E-state index in [9.17, 15) is 14.9 Å². The highest BCUT2D eigenvalue weighted by Gasteiger charge is 2.06. The molecule has 2 rings (SSSR count). The fourth-order valence-electron chi connectivity index (χ4n) is 1.91. The molecule has 1 N–H and O–H groups in total. The molecule has 7 heteroatoms. The zero-order valence-electron chi connectivity index (χ0n) is 12.4. The lowest BCUT2D eigenvalue weighted by molar-refractivity contribution is -0.384. The van der Waals surface area contributed by atoms with E-state index in [0.29, 0.717) is 11.3 Å². The first-order chi connectivity index (χ1) is 11.1. The predicted octanol–water partition coefficient (Wildman–Crippen LogP) is 2.30. The molecule has 0 aliphatic carbocycles. The standard InChI is InChI=1S/C16H15N3O4/c1-23-15-5-3-2-4-13(15)11-17-18-16(20)10-12-6-8-14(9-7-12)19(21)22/h2-9,11H,10H2,1H3,(H,18,20)/b17-11-. The molecule has 23 heavy (non-hydrogen) atoms. The normalized spacial score (nSPS) is 10.5. The topological polar surface area (TPSA) is 93.8 Å². The van der Waals surface area contributed by atoms with Crippen LogP contribution >= 0.6 is 0 Å². The van der Waals surface area contributed by atoms with Crippen molar-refractivity contribution in [1.82, 2.24) is 5.43 Å². The Morgan fingerprint density at radius 1 is 1.26 bits per heavy atom. The van der Waals surface area contributed by atoms with E-state index in [1.807, 2.05) is 18.2 Å². The monoisotopic (exact) mass is 313 g/mol. The highest BCUT2D eigenvalue weighted by molar-refractivity contribution is 5.85. The van der Waals surface area contributed by atoms with Crippen LogP contribution in [0.2, 0.25) is 0 Å². The third kappa shape index (κ3) is 4.63. The summed E-state index contributed by atoms with van der Waals surface area (Å²) in [6.07, 6.45) is 1.58. The number of amides is 1. The van der Waals surface area contributed by atoms with E-state index >= 15 is 0 Å². The van der Waals surface area contributed by atoms with Crippen molar-refractivity contribution >= 4 is 17.8 Å². The van der Waals surface area contributed by atoms with Gasteiger partial charge in [0.05, 0.1) is 24.7 Å². The summed E-state index contributed by atoms with van der Waals surface area (Å²) in [6.45, 7) is 0. The summed E-state index contributed by atoms with van der Waals surface area (Å²) in [4.78, 5) is 21.9. The number of methoxy groups -OCH3 is 1. The van der Waals surface area contributed by atoms with E-state index in [1.54, 1.807) is 25.3 Å². The maximum absolute atomic E-state index is 11.8. The van der Waals surface area contributed by atoms with E-state index in [4.69, 9.17) is 4.74 Å². The number of hydrazone groups is 1. The number of nitro groups is 1. The van der Waals surface area contributed by atoms with Gasteiger partial charge in [0.15, 0.2) is 0 Å². The van der Waals surface area contributed by atoms with Crippen LogP contribution in [0.1, 0.15) is 11.1 Å². The number of nitro benzene ring substituents is 1. The fraction of sp³-hybridized carbons (Fsp3) is 0.125. The Balaban J connectivity index is 1.92. The van der Waals surface area contributed by atoms with Crippen molar-refractivity contribution in [3.05, 3.63) is 69.8 Å². The highest BCUT2D eigenvalue weighted by atomic mass is 16.6. The lowest BCUT2D eigenvalue weighted by Crippen LogP contribution is -2.19. The molecule has 0 bridgehead atoms. The number of nitrogens with zero attached hydrogens (tertiary/aromatic N) is 2. The van der Waals surface area contributed by atoms with Crippen LogP contribution in [0.3, 0.4) is 0 Å². The first kappa shape index (κ1) is 16.2. The van der Waals surface area contributed by atoms with Crippen molar-refractivity contribution in [3.8, 4) is 5.75 Å². The van der Waals surface area contributed by atoms with E-state index in [2.05, 4.69) is 10.5 Å². The smallest absolute Gasteiger partial charge is 0.269 e. The zero-order valence-corrected chi connectivity index (χ0v) is 12.4. The van der Waals surface area contributed by atoms with Crippen molar-refractivity contribution < 1.29 is 14.5 Å². The molecule has 7 nitrogen and oxygen atoms in total. The first-order valence-electron chi connectivity index (χ1n) is 6.78. The minimum absolute atomic E-state index is 0.0108. The maximum Gasteiger partial charge on any atom is 0.269 e. The molecular formula is C16H15N3O4. The van der Waals surface area contributed by atoms with Crippen molar-refractivity contribution in [1.29, 1.82) is 0 Å². The first-order valence-corrected chi connectivity index (χ1v) is 6.78. The third-order valence-corrected chi connectivity index (χ3v) is 3.04. The van der Waals surface area contributed by atoms with E-state index in [1.165, 1.54) is 18.3 Å². The van der Waals surface area contributed by atoms with Gasteiger partial charge in [-0.1, -0.05) is 24.3 Å². The molecular weight excluding hydrogens is 298 g/mol. The quantitative estimate of drug-likeness (QED) is 0.503. The number of benzene rings is 2. The molecule has 1 amide bonds. The molecule has 0 aliphatic rings. The molecule has 0 fully saturated rings. The molecule has 0 aromatic heterocycles. The minimum atomic E-state index is -0.485. The SMILES string of the molecule is COc1ccccc1/C=N\NC(=O)Cc1ccc([N+](=O)[O-])cc1. The average molecular weight is 313 g/mol. The van der Waals surface area contributed by atoms with Crippen molar-refractivity contribution in [2.24, 2.45) is 5.10 Å². The van der Waals surface area contributed by atoms with Crippen LogP contribution < -0.4 is 10.2 Å². The average Bonchev–Trinajstić information content (AvgIpc) is 2.55. The van der Waals surface area contributed by atoms with Crippen LogP contribution in [0, 0.1) is 10.1 Å². The molecule has 0 saturated carbocycles. The van der Waals surface area contributed by atoms with Gasteiger partial charge >= 0.3 is 0 Å². The summed E-state index contributed by atoms with van der Waals surface area (Å²) in [5.74, 6) is 0.339. The van der Waals surface area contributed by atoms with Crippen LogP contribution in [-0.2, 0) is 11.2 Å². The van der Waals surface area contributed by atoms with Crippen LogP contribution in [0.5, 0.6) is 5.75 Å². The number of hydrogen-bond acceptors (Lipinski definition) is 5. The van der Waals surface area contributed by atoms with Gasteiger partial charge in [0, 0.05) is 17.7 Å². The Morgan fingerprint density at radius 2 is 1.96 bits per heavy atom. The third-order valence-electron chi connectivity index (χ3n) is 3.04. The summed E-state index contributed by atoms with van der Waals surface area (Å²) in [5.41, 5.74) is 3.81. The van der Waals surface area contributed by atoms with Gasteiger partial charge in [-0.25, -0.2) is 5.43 Å². The second-order valence-electron chi connectivity index (χ2n) is 4.64. The van der Waals surface area contributed by atoms with Gasteiger partial charge in [0.25, 0.3) is 5.69 Å². The van der Waals surface area contributed by atoms with Crippen molar-refractivity contribution in [3.63, 3.8) is 0 Å². The number of nitrogens with one attached hydrogen (secondary N) is 1. The van der Waals surface area contributed by atoms with Gasteiger partial charge < -0.3 is 4.74 Å². The predicted molar refractivity (Wildman–Crippen MR) is 85.5 cm³/mol. The number of ether oxygens (including phenoxy) is 1. The van der Waals surface area contributed by atoms with Crippen LogP contribution in [0.15, 0.2) is 53.6 Å². The summed E-state index contributed by atoms with van der Waals surface area (Å²) in [5, 5.41) is 14.4. The lowest BCUT2D eigenvalue weighted by Gasteiger charge is -2.03. The Morgan fingerprint density at radius 3 is 2.61 bits per heavy atom. The zero-order chi connectivity index (χ0) is 16.7. The Labute approximate surface area is 132 Å². The summed E-state index contributed by atoms with van der Waals surface area (Å²) in [6, 6.07) is 13.1. The number of carbonyl (C=O) groups is 1. The van der Waals surface area contributed by atoms with Gasteiger partial charge in [0.1, 0.15) is 5.75 Å². The molecule has 0 saturated heterocycles. The molecule has 0 aliphatic heterocycles. The number of rotatable bonds is 6. The summed E-state index contributed by atoms with van der Waals surface area (Å²) in [7, 11) is 1.56. The Hall–Kier alpha value is -3.22. The largest absolute Gasteiger partial charge is 0.496 e. The Kier molecular flexibility index (Phi) is 5.40. The van der Waals surface area contributed by atoms with E-state index in [0.717, 1.165) is 5.56 Å². The van der Waals surface area contributed by atoms with Crippen LogP contribution in [0.25, 0.3) is 0 Å². The number of para-hydroxylation sites is 1. The summed E-state index contributed by atoms with van der Waals surface area (Å²) < 4.78 is 5.17. The van der Waals surface area contributed by atoms with Crippen LogP contribution in [-0.4, -0.2) is 24.2 Å². The number of carbonyl (C=O) groups excluding carboxylic acids is 1. The van der Waals surface area contributed by atoms with Crippen LogP contribution in [0.4, 0.5) is 5.69 Å². The molecule has 0 radical (unpaired) electrons. The van der Waals surface area contributed by atoms with Gasteiger partial charge in [-0.15, -0.1) is 0 Å². The second-order valence-corrected chi connectivity index (χ2v) is 4.64. The van der Waals surface area contributed by atoms with Crippen molar-refractivity contribution in [2.45, 2.75) is 6.42 Å². The lowest BCUT2D eigenvalue weighted by atomic mass is 10.1. The van der Waals surface area contributed by atoms with Gasteiger partial charge in [-0.3, -0.25) is 14.9 Å². The molecule has 0 unspecified atom stereocenters. The highest BCUT2D eigenvalue weighted by Crippen LogP contribution is 2.14. The molecule has 0 spiro atoms. The number of non-ortho nitro benzene ring substituents is 1. The minimum Gasteiger partial charge on any atom is -0.496 e. The summed E-state index contributed by atoms with van der Waals surface area (Å²) >= 11 is 0. The molecule has 2 aromatic rings.